The van der Waals surface area contributed by atoms with Gasteiger partial charge in [-0.1, -0.05) is 44.2 Å². The number of aliphatic hydroxyl groups is 1. The highest BCUT2D eigenvalue weighted by atomic mass is 32.1. The SMILES string of the molecule is CC(C)c1csc(C(=O)NC(c2ccccc2)C2CC(O)C2)n1. The number of nitrogens with zero attached hydrogens (tertiary/aromatic N) is 1. The Morgan fingerprint density at radius 3 is 2.57 bits per heavy atom. The van der Waals surface area contributed by atoms with Crippen molar-refractivity contribution in [3.8, 4) is 0 Å². The molecule has 0 bridgehead atoms. The summed E-state index contributed by atoms with van der Waals surface area (Å²) in [7, 11) is 0. The average molecular weight is 330 g/mol. The fraction of sp³-hybridized carbons (Fsp3) is 0.444. The van der Waals surface area contributed by atoms with Gasteiger partial charge in [0.2, 0.25) is 0 Å². The summed E-state index contributed by atoms with van der Waals surface area (Å²) >= 11 is 1.39. The molecule has 3 rings (SSSR count). The van der Waals surface area contributed by atoms with Crippen LogP contribution >= 0.6 is 11.3 Å². The fourth-order valence-corrected chi connectivity index (χ4v) is 3.78. The first-order valence-corrected chi connectivity index (χ1v) is 8.92. The number of hydrogen-bond donors (Lipinski definition) is 2. The lowest BCUT2D eigenvalue weighted by Gasteiger charge is -2.38. The lowest BCUT2D eigenvalue weighted by Crippen LogP contribution is -2.41. The van der Waals surface area contributed by atoms with Crippen LogP contribution in [0.1, 0.15) is 59.7 Å². The van der Waals surface area contributed by atoms with Crippen LogP contribution in [0.25, 0.3) is 0 Å². The van der Waals surface area contributed by atoms with Gasteiger partial charge in [-0.25, -0.2) is 4.98 Å². The van der Waals surface area contributed by atoms with Gasteiger partial charge in [0.05, 0.1) is 17.8 Å². The normalized spacial score (nSPS) is 21.7. The number of nitrogens with one attached hydrogen (secondary N) is 1. The Kier molecular flexibility index (Phi) is 4.78. The Labute approximate surface area is 140 Å². The summed E-state index contributed by atoms with van der Waals surface area (Å²) in [4.78, 5) is 17.0. The van der Waals surface area contributed by atoms with Crippen molar-refractivity contribution in [1.29, 1.82) is 0 Å². The van der Waals surface area contributed by atoms with Gasteiger partial charge in [-0.2, -0.15) is 0 Å². The summed E-state index contributed by atoms with van der Waals surface area (Å²) in [6.07, 6.45) is 1.22. The highest BCUT2D eigenvalue weighted by Crippen LogP contribution is 2.38. The van der Waals surface area contributed by atoms with Crippen molar-refractivity contribution >= 4 is 17.2 Å². The number of aliphatic hydroxyl groups excluding tert-OH is 1. The molecule has 1 heterocycles. The molecule has 1 amide bonds. The maximum absolute atomic E-state index is 12.6. The van der Waals surface area contributed by atoms with Crippen LogP contribution in [0.5, 0.6) is 0 Å². The molecule has 1 aromatic heterocycles. The van der Waals surface area contributed by atoms with E-state index in [2.05, 4.69) is 24.1 Å². The molecule has 1 aliphatic rings. The molecule has 1 saturated carbocycles. The van der Waals surface area contributed by atoms with Crippen LogP contribution in [0.2, 0.25) is 0 Å². The monoisotopic (exact) mass is 330 g/mol. The first kappa shape index (κ1) is 16.1. The van der Waals surface area contributed by atoms with Gasteiger partial charge in [0, 0.05) is 5.38 Å². The third-order valence-electron chi connectivity index (χ3n) is 4.37. The van der Waals surface area contributed by atoms with E-state index in [0.717, 1.165) is 24.1 Å². The fourth-order valence-electron chi connectivity index (χ4n) is 2.89. The van der Waals surface area contributed by atoms with Crippen LogP contribution in [0.3, 0.4) is 0 Å². The van der Waals surface area contributed by atoms with E-state index in [4.69, 9.17) is 0 Å². The summed E-state index contributed by atoms with van der Waals surface area (Å²) < 4.78 is 0. The maximum Gasteiger partial charge on any atom is 0.280 e. The second kappa shape index (κ2) is 6.81. The number of thiazole rings is 1. The van der Waals surface area contributed by atoms with E-state index < -0.39 is 0 Å². The quantitative estimate of drug-likeness (QED) is 0.882. The maximum atomic E-state index is 12.6. The molecular formula is C18H22N2O2S. The molecule has 122 valence electrons. The van der Waals surface area contributed by atoms with Gasteiger partial charge >= 0.3 is 0 Å². The Morgan fingerprint density at radius 1 is 1.30 bits per heavy atom. The first-order valence-electron chi connectivity index (χ1n) is 8.04. The van der Waals surface area contributed by atoms with E-state index in [-0.39, 0.29) is 24.0 Å². The van der Waals surface area contributed by atoms with Crippen molar-refractivity contribution in [2.45, 2.75) is 44.8 Å². The van der Waals surface area contributed by atoms with E-state index in [1.807, 2.05) is 35.7 Å². The van der Waals surface area contributed by atoms with Crippen molar-refractivity contribution in [3.05, 3.63) is 52.0 Å². The largest absolute Gasteiger partial charge is 0.393 e. The van der Waals surface area contributed by atoms with E-state index in [1.165, 1.54) is 11.3 Å². The number of carbonyl (C=O) groups excluding carboxylic acids is 1. The standard InChI is InChI=1S/C18H22N2O2S/c1-11(2)15-10-23-18(19-15)17(22)20-16(13-8-14(21)9-13)12-6-4-3-5-7-12/h3-7,10-11,13-14,16,21H,8-9H2,1-2H3,(H,20,22). The summed E-state index contributed by atoms with van der Waals surface area (Å²) in [5.41, 5.74) is 2.04. The van der Waals surface area contributed by atoms with Crippen LogP contribution in [-0.4, -0.2) is 22.1 Å². The topological polar surface area (TPSA) is 62.2 Å². The molecule has 5 heteroatoms. The third kappa shape index (κ3) is 3.62. The van der Waals surface area contributed by atoms with E-state index in [1.54, 1.807) is 0 Å². The molecular weight excluding hydrogens is 308 g/mol. The number of rotatable bonds is 5. The number of benzene rings is 1. The van der Waals surface area contributed by atoms with Crippen molar-refractivity contribution < 1.29 is 9.90 Å². The molecule has 23 heavy (non-hydrogen) atoms. The molecule has 0 saturated heterocycles. The van der Waals surface area contributed by atoms with Gasteiger partial charge in [0.25, 0.3) is 5.91 Å². The lowest BCUT2D eigenvalue weighted by molar-refractivity contribution is 0.0235. The Balaban J connectivity index is 1.76. The zero-order valence-electron chi connectivity index (χ0n) is 13.4. The second-order valence-corrected chi connectivity index (χ2v) is 7.34. The molecule has 2 N–H and O–H groups in total. The van der Waals surface area contributed by atoms with Crippen LogP contribution in [-0.2, 0) is 0 Å². The van der Waals surface area contributed by atoms with E-state index in [9.17, 15) is 9.90 Å². The minimum Gasteiger partial charge on any atom is -0.393 e. The highest BCUT2D eigenvalue weighted by molar-refractivity contribution is 7.11. The Hall–Kier alpha value is -1.72. The molecule has 0 radical (unpaired) electrons. The zero-order chi connectivity index (χ0) is 16.4. The first-order chi connectivity index (χ1) is 11.0. The smallest absolute Gasteiger partial charge is 0.280 e. The average Bonchev–Trinajstić information content (AvgIpc) is 3.01. The molecule has 1 aromatic carbocycles. The summed E-state index contributed by atoms with van der Waals surface area (Å²) in [5.74, 6) is 0.470. The van der Waals surface area contributed by atoms with Gasteiger partial charge in [0.15, 0.2) is 5.01 Å². The minimum absolute atomic E-state index is 0.0708. The molecule has 1 aliphatic carbocycles. The Bertz CT molecular complexity index is 663. The van der Waals surface area contributed by atoms with Gasteiger partial charge < -0.3 is 10.4 Å². The molecule has 0 aliphatic heterocycles. The van der Waals surface area contributed by atoms with Crippen molar-refractivity contribution in [2.24, 2.45) is 5.92 Å². The predicted molar refractivity (Wildman–Crippen MR) is 91.6 cm³/mol. The Morgan fingerprint density at radius 2 is 2.00 bits per heavy atom. The van der Waals surface area contributed by atoms with E-state index in [0.29, 0.717) is 10.9 Å². The van der Waals surface area contributed by atoms with Gasteiger partial charge in [-0.05, 0) is 30.2 Å². The van der Waals surface area contributed by atoms with Crippen LogP contribution in [0.4, 0.5) is 0 Å². The van der Waals surface area contributed by atoms with Crippen LogP contribution in [0.15, 0.2) is 35.7 Å². The molecule has 1 unspecified atom stereocenters. The van der Waals surface area contributed by atoms with Crippen molar-refractivity contribution in [3.63, 3.8) is 0 Å². The molecule has 2 aromatic rings. The number of amides is 1. The van der Waals surface area contributed by atoms with Crippen molar-refractivity contribution in [1.82, 2.24) is 10.3 Å². The van der Waals surface area contributed by atoms with Crippen molar-refractivity contribution in [2.75, 3.05) is 0 Å². The third-order valence-corrected chi connectivity index (χ3v) is 5.23. The molecule has 1 fully saturated rings. The van der Waals surface area contributed by atoms with Crippen LogP contribution in [0, 0.1) is 5.92 Å². The minimum atomic E-state index is -0.240. The van der Waals surface area contributed by atoms with Gasteiger partial charge in [-0.15, -0.1) is 11.3 Å². The number of hydrogen-bond acceptors (Lipinski definition) is 4. The zero-order valence-corrected chi connectivity index (χ0v) is 14.2. The van der Waals surface area contributed by atoms with Gasteiger partial charge in [0.1, 0.15) is 0 Å². The number of aromatic nitrogens is 1. The molecule has 0 spiro atoms. The van der Waals surface area contributed by atoms with Crippen LogP contribution < -0.4 is 5.32 Å². The summed E-state index contributed by atoms with van der Waals surface area (Å²) in [5, 5.41) is 15.2. The predicted octanol–water partition coefficient (Wildman–Crippen LogP) is 3.51. The molecule has 4 nitrogen and oxygen atoms in total. The molecule has 1 atom stereocenters. The number of carbonyl (C=O) groups is 1. The summed E-state index contributed by atoms with van der Waals surface area (Å²) in [6, 6.07) is 9.90. The van der Waals surface area contributed by atoms with Gasteiger partial charge in [-0.3, -0.25) is 4.79 Å². The summed E-state index contributed by atoms with van der Waals surface area (Å²) in [6.45, 7) is 4.14. The second-order valence-electron chi connectivity index (χ2n) is 6.48. The van der Waals surface area contributed by atoms with E-state index >= 15 is 0 Å². The lowest BCUT2D eigenvalue weighted by atomic mass is 9.75. The highest BCUT2D eigenvalue weighted by Gasteiger charge is 2.36.